The zero-order valence-electron chi connectivity index (χ0n) is 8.41. The molecule has 0 unspecified atom stereocenters. The fourth-order valence-corrected chi connectivity index (χ4v) is 0.354. The van der Waals surface area contributed by atoms with Gasteiger partial charge in [0, 0.05) is 0 Å². The minimum absolute atomic E-state index is 1.34. The van der Waals surface area contributed by atoms with E-state index in [1.165, 1.54) is 19.3 Å². The van der Waals surface area contributed by atoms with Gasteiger partial charge < -0.3 is 0 Å². The quantitative estimate of drug-likeness (QED) is 0.503. The summed E-state index contributed by atoms with van der Waals surface area (Å²) in [5.74, 6) is 0. The number of hydrogen-bond acceptors (Lipinski definition) is 0. The van der Waals surface area contributed by atoms with Gasteiger partial charge in [-0.15, -0.1) is 6.58 Å². The number of rotatable bonds is 2. The average molecular weight is 144 g/mol. The Kier molecular flexibility index (Phi) is 61.3. The summed E-state index contributed by atoms with van der Waals surface area (Å²) in [4.78, 5) is 0. The molecule has 0 nitrogen and oxygen atoms in total. The van der Waals surface area contributed by atoms with E-state index in [2.05, 4.69) is 20.4 Å². The molecule has 0 aromatic rings. The monoisotopic (exact) mass is 144 g/mol. The molecule has 0 saturated heterocycles. The number of allylic oxidation sites excluding steroid dienone is 1. The Bertz CT molecular complexity index is 27.0. The number of unbranched alkanes of at least 4 members (excludes halogenated alkanes) is 2. The van der Waals surface area contributed by atoms with Crippen molar-refractivity contribution in [2.45, 2.75) is 53.9 Å². The lowest BCUT2D eigenvalue weighted by atomic mass is 10.3. The second-order valence-electron chi connectivity index (χ2n) is 1.76. The molecule has 0 aromatic heterocycles. The predicted octanol–water partition coefficient (Wildman–Crippen LogP) is 4.42. The summed E-state index contributed by atoms with van der Waals surface area (Å²) in [6, 6.07) is 0. The fraction of sp³-hybridized carbons (Fsp3) is 0.800. The Labute approximate surface area is 67.3 Å². The average Bonchev–Trinajstić information content (AvgIpc) is 1.96. The Morgan fingerprint density at radius 1 is 1.10 bits per heavy atom. The minimum Gasteiger partial charge on any atom is -0.103 e. The third kappa shape index (κ3) is 116. The van der Waals surface area contributed by atoms with Crippen molar-refractivity contribution in [3.05, 3.63) is 12.7 Å². The van der Waals surface area contributed by atoms with Gasteiger partial charge in [-0.2, -0.15) is 0 Å². The summed E-state index contributed by atoms with van der Waals surface area (Å²) in [6.45, 7) is 13.7. The van der Waals surface area contributed by atoms with E-state index in [1.54, 1.807) is 6.08 Å². The van der Waals surface area contributed by atoms with Crippen molar-refractivity contribution in [3.63, 3.8) is 0 Å². The topological polar surface area (TPSA) is 0 Å². The fourth-order valence-electron chi connectivity index (χ4n) is 0.354. The van der Waals surface area contributed by atoms with Crippen molar-refractivity contribution in [1.82, 2.24) is 0 Å². The van der Waals surface area contributed by atoms with Gasteiger partial charge in [-0.05, 0) is 6.92 Å². The molecule has 64 valence electrons. The van der Waals surface area contributed by atoms with Crippen molar-refractivity contribution in [3.8, 4) is 0 Å². The normalized spacial score (nSPS) is 6.10. The Balaban J connectivity index is -0.0000000847. The maximum Gasteiger partial charge on any atom is -0.0473 e. The summed E-state index contributed by atoms with van der Waals surface area (Å²) in [5, 5.41) is 0. The molecular weight excluding hydrogens is 120 g/mol. The van der Waals surface area contributed by atoms with Gasteiger partial charge in [0.1, 0.15) is 0 Å². The van der Waals surface area contributed by atoms with Crippen LogP contribution in [0.5, 0.6) is 0 Å². The van der Waals surface area contributed by atoms with Crippen LogP contribution < -0.4 is 0 Å². The van der Waals surface area contributed by atoms with Crippen LogP contribution in [0.25, 0.3) is 0 Å². The lowest BCUT2D eigenvalue weighted by Crippen LogP contribution is -1.59. The first-order chi connectivity index (χ1) is 4.83. The lowest BCUT2D eigenvalue weighted by molar-refractivity contribution is 0.772. The second kappa shape index (κ2) is 37.4. The zero-order chi connectivity index (χ0) is 8.83. The molecule has 0 amide bonds. The smallest absolute Gasteiger partial charge is 0.0473 e. The molecular formula is C10H24. The van der Waals surface area contributed by atoms with Crippen LogP contribution in [0, 0.1) is 0 Å². The van der Waals surface area contributed by atoms with Gasteiger partial charge in [0.05, 0.1) is 0 Å². The summed E-state index contributed by atoms with van der Waals surface area (Å²) >= 11 is 0. The molecule has 0 spiro atoms. The lowest BCUT2D eigenvalue weighted by Gasteiger charge is -1.79. The van der Waals surface area contributed by atoms with Crippen LogP contribution in [0.15, 0.2) is 12.7 Å². The Morgan fingerprint density at radius 2 is 1.30 bits per heavy atom. The van der Waals surface area contributed by atoms with Crippen LogP contribution in [0.2, 0.25) is 0 Å². The maximum atomic E-state index is 3.36. The van der Waals surface area contributed by atoms with E-state index in [1.807, 2.05) is 20.8 Å². The molecule has 10 heavy (non-hydrogen) atoms. The van der Waals surface area contributed by atoms with Gasteiger partial charge in [-0.25, -0.2) is 0 Å². The van der Waals surface area contributed by atoms with Crippen LogP contribution in [0.3, 0.4) is 0 Å². The number of hydrogen-bond donors (Lipinski definition) is 0. The van der Waals surface area contributed by atoms with Crippen molar-refractivity contribution in [2.24, 2.45) is 0 Å². The molecule has 0 heterocycles. The minimum atomic E-state index is 1.34. The van der Waals surface area contributed by atoms with E-state index in [-0.39, 0.29) is 0 Å². The molecule has 0 heteroatoms. The largest absolute Gasteiger partial charge is 0.103 e. The molecule has 0 atom stereocenters. The summed E-state index contributed by atoms with van der Waals surface area (Å²) in [7, 11) is 0. The third-order valence-corrected chi connectivity index (χ3v) is 0.707. The summed E-state index contributed by atoms with van der Waals surface area (Å²) in [5.41, 5.74) is 0. The first-order valence-corrected chi connectivity index (χ1v) is 4.40. The van der Waals surface area contributed by atoms with Crippen LogP contribution in [0.4, 0.5) is 0 Å². The van der Waals surface area contributed by atoms with E-state index >= 15 is 0 Å². The van der Waals surface area contributed by atoms with Crippen LogP contribution in [0.1, 0.15) is 53.9 Å². The first-order valence-electron chi connectivity index (χ1n) is 4.40. The van der Waals surface area contributed by atoms with Crippen molar-refractivity contribution in [1.29, 1.82) is 0 Å². The van der Waals surface area contributed by atoms with Gasteiger partial charge >= 0.3 is 0 Å². The highest BCUT2D eigenvalue weighted by atomic mass is 13.7. The Hall–Kier alpha value is -0.260. The highest BCUT2D eigenvalue weighted by molar-refractivity contribution is 4.51. The maximum absolute atomic E-state index is 3.36. The van der Waals surface area contributed by atoms with Gasteiger partial charge in [0.2, 0.25) is 0 Å². The first kappa shape index (κ1) is 16.4. The highest BCUT2D eigenvalue weighted by Gasteiger charge is 1.68. The van der Waals surface area contributed by atoms with Gasteiger partial charge in [-0.3, -0.25) is 0 Å². The summed E-state index contributed by atoms with van der Waals surface area (Å²) < 4.78 is 0. The highest BCUT2D eigenvalue weighted by Crippen LogP contribution is 1.88. The standard InChI is InChI=1S/C5H12.C3H6.C2H6/c1-3-5-4-2;1-3-2;1-2/h3-5H2,1-2H3;3H,1H2,2H3;1-2H3. The van der Waals surface area contributed by atoms with Gasteiger partial charge in [-0.1, -0.05) is 53.0 Å². The van der Waals surface area contributed by atoms with Crippen molar-refractivity contribution < 1.29 is 0 Å². The van der Waals surface area contributed by atoms with Crippen molar-refractivity contribution >= 4 is 0 Å². The van der Waals surface area contributed by atoms with Crippen LogP contribution >= 0.6 is 0 Å². The molecule has 0 saturated carbocycles. The molecule has 0 rings (SSSR count). The van der Waals surface area contributed by atoms with Gasteiger partial charge in [0.15, 0.2) is 0 Å². The molecule has 0 N–H and O–H groups in total. The Morgan fingerprint density at radius 3 is 1.30 bits per heavy atom. The third-order valence-electron chi connectivity index (χ3n) is 0.707. The molecule has 0 aliphatic rings. The second-order valence-corrected chi connectivity index (χ2v) is 1.76. The van der Waals surface area contributed by atoms with Crippen LogP contribution in [-0.2, 0) is 0 Å². The van der Waals surface area contributed by atoms with E-state index in [0.29, 0.717) is 0 Å². The molecule has 0 aliphatic carbocycles. The van der Waals surface area contributed by atoms with Gasteiger partial charge in [0.25, 0.3) is 0 Å². The van der Waals surface area contributed by atoms with E-state index < -0.39 is 0 Å². The summed E-state index contributed by atoms with van der Waals surface area (Å²) in [6.07, 6.45) is 5.83. The zero-order valence-corrected chi connectivity index (χ0v) is 8.41. The van der Waals surface area contributed by atoms with E-state index in [4.69, 9.17) is 0 Å². The molecule has 0 fully saturated rings. The van der Waals surface area contributed by atoms with Crippen molar-refractivity contribution in [2.75, 3.05) is 0 Å². The SMILES string of the molecule is C=CC.CC.CCCCC. The molecule has 0 aliphatic heterocycles. The van der Waals surface area contributed by atoms with E-state index in [9.17, 15) is 0 Å². The molecule has 0 radical (unpaired) electrons. The van der Waals surface area contributed by atoms with Crippen LogP contribution in [-0.4, -0.2) is 0 Å². The van der Waals surface area contributed by atoms with E-state index in [0.717, 1.165) is 0 Å². The molecule has 0 aromatic carbocycles. The molecule has 0 bridgehead atoms. The predicted molar refractivity (Wildman–Crippen MR) is 52.4 cm³/mol.